The summed E-state index contributed by atoms with van der Waals surface area (Å²) in [5.74, 6) is -4.43. The van der Waals surface area contributed by atoms with E-state index < -0.39 is 42.3 Å². The summed E-state index contributed by atoms with van der Waals surface area (Å²) in [7, 11) is 0. The molecule has 0 saturated carbocycles. The highest BCUT2D eigenvalue weighted by atomic mass is 32.1. The Labute approximate surface area is 200 Å². The van der Waals surface area contributed by atoms with Crippen molar-refractivity contribution in [3.63, 3.8) is 0 Å². The molecule has 5 rings (SSSR count). The molecule has 3 aromatic rings. The largest absolute Gasteiger partial charge is 0.478 e. The molecule has 0 radical (unpaired) electrons. The van der Waals surface area contributed by atoms with Crippen molar-refractivity contribution < 1.29 is 23.1 Å². The third-order valence-corrected chi connectivity index (χ3v) is 6.82. The molecule has 3 N–H and O–H groups in total. The molecule has 182 valence electrons. The lowest BCUT2D eigenvalue weighted by molar-refractivity contribution is -0.133. The van der Waals surface area contributed by atoms with Gasteiger partial charge < -0.3 is 10.4 Å². The number of alkyl halides is 2. The fraction of sp³-hybridized carbons (Fsp3) is 0.333. The van der Waals surface area contributed by atoms with Crippen LogP contribution in [0.2, 0.25) is 0 Å². The van der Waals surface area contributed by atoms with Crippen LogP contribution in [0.3, 0.4) is 0 Å². The zero-order valence-electron chi connectivity index (χ0n) is 18.2. The molecule has 0 bridgehead atoms. The number of carbonyl (C=O) groups is 1. The summed E-state index contributed by atoms with van der Waals surface area (Å²) in [5, 5.41) is 28.9. The van der Waals surface area contributed by atoms with Crippen LogP contribution in [0.5, 0.6) is 0 Å². The first-order chi connectivity index (χ1) is 16.7. The van der Waals surface area contributed by atoms with Crippen molar-refractivity contribution in [1.82, 2.24) is 35.8 Å². The van der Waals surface area contributed by atoms with E-state index in [9.17, 15) is 23.1 Å². The molecule has 10 nitrogen and oxygen atoms in total. The smallest absolute Gasteiger partial charge is 0.336 e. The lowest BCUT2D eigenvalue weighted by Gasteiger charge is -2.35. The van der Waals surface area contributed by atoms with Gasteiger partial charge in [-0.15, -0.1) is 21.5 Å². The van der Waals surface area contributed by atoms with Gasteiger partial charge in [-0.1, -0.05) is 17.3 Å². The van der Waals surface area contributed by atoms with Crippen LogP contribution < -0.4 is 5.32 Å². The highest BCUT2D eigenvalue weighted by Gasteiger charge is 2.49. The van der Waals surface area contributed by atoms with E-state index in [1.165, 1.54) is 40.5 Å². The normalized spacial score (nSPS) is 24.3. The maximum absolute atomic E-state index is 14.5. The Morgan fingerprint density at radius 3 is 2.71 bits per heavy atom. The Bertz CT molecular complexity index is 1290. The van der Waals surface area contributed by atoms with E-state index >= 15 is 0 Å². The Hall–Kier alpha value is -3.65. The molecule has 0 amide bonds. The van der Waals surface area contributed by atoms with Crippen LogP contribution in [0.25, 0.3) is 0 Å². The summed E-state index contributed by atoms with van der Waals surface area (Å²) < 4.78 is 42.6. The van der Waals surface area contributed by atoms with Crippen molar-refractivity contribution in [3.8, 4) is 0 Å². The number of hydrogen-bond acceptors (Lipinski definition) is 9. The number of rotatable bonds is 6. The molecule has 0 aliphatic carbocycles. The van der Waals surface area contributed by atoms with Gasteiger partial charge >= 0.3 is 5.97 Å². The van der Waals surface area contributed by atoms with E-state index in [0.29, 0.717) is 10.6 Å². The van der Waals surface area contributed by atoms with Crippen LogP contribution in [-0.4, -0.2) is 66.4 Å². The first-order valence-electron chi connectivity index (χ1n) is 10.5. The molecule has 4 heterocycles. The molecule has 14 heteroatoms. The number of aromatic nitrogens is 5. The summed E-state index contributed by atoms with van der Waals surface area (Å²) in [6.45, 7) is 0.784. The lowest BCUT2D eigenvalue weighted by Crippen LogP contribution is -2.45. The van der Waals surface area contributed by atoms with Gasteiger partial charge in [0.25, 0.3) is 5.92 Å². The molecule has 0 unspecified atom stereocenters. The fourth-order valence-electron chi connectivity index (χ4n) is 4.51. The van der Waals surface area contributed by atoms with Crippen molar-refractivity contribution in [2.75, 3.05) is 13.1 Å². The van der Waals surface area contributed by atoms with Crippen LogP contribution >= 0.6 is 11.3 Å². The van der Waals surface area contributed by atoms with E-state index in [1.54, 1.807) is 18.5 Å². The van der Waals surface area contributed by atoms with Gasteiger partial charge in [0.2, 0.25) is 0 Å². The molecular weight excluding hydrogens is 485 g/mol. The van der Waals surface area contributed by atoms with Gasteiger partial charge in [0.05, 0.1) is 18.2 Å². The Morgan fingerprint density at radius 2 is 2.09 bits per heavy atom. The molecule has 35 heavy (non-hydrogen) atoms. The Kier molecular flexibility index (Phi) is 5.63. The number of carboxylic acids is 1. The number of thiazole rings is 1. The monoisotopic (exact) mass is 504 g/mol. The molecule has 2 aliphatic rings. The summed E-state index contributed by atoms with van der Waals surface area (Å²) in [6, 6.07) is 4.46. The predicted octanol–water partition coefficient (Wildman–Crippen LogP) is 2.48. The molecule has 1 saturated heterocycles. The zero-order chi connectivity index (χ0) is 24.8. The quantitative estimate of drug-likeness (QED) is 0.467. The van der Waals surface area contributed by atoms with Gasteiger partial charge in [-0.25, -0.2) is 27.9 Å². The second-order valence-electron chi connectivity index (χ2n) is 8.41. The number of H-pyrrole nitrogens is 1. The highest BCUT2D eigenvalue weighted by Crippen LogP contribution is 2.42. The minimum atomic E-state index is -3.03. The van der Waals surface area contributed by atoms with Crippen molar-refractivity contribution in [2.24, 2.45) is 4.99 Å². The van der Waals surface area contributed by atoms with Crippen molar-refractivity contribution in [3.05, 3.63) is 69.3 Å². The minimum absolute atomic E-state index is 0.0885. The maximum Gasteiger partial charge on any atom is 0.336 e. The first-order valence-corrected chi connectivity index (χ1v) is 11.4. The van der Waals surface area contributed by atoms with E-state index in [2.05, 4.69) is 35.9 Å². The second-order valence-corrected chi connectivity index (χ2v) is 9.31. The van der Waals surface area contributed by atoms with E-state index in [4.69, 9.17) is 0 Å². The zero-order valence-corrected chi connectivity index (χ0v) is 19.1. The first kappa shape index (κ1) is 23.1. The number of benzene rings is 1. The molecule has 0 spiro atoms. The molecular formula is C21H19F3N8O2S. The molecule has 2 aliphatic heterocycles. The van der Waals surface area contributed by atoms with Crippen LogP contribution in [0, 0.1) is 5.82 Å². The topological polar surface area (TPSA) is 132 Å². The van der Waals surface area contributed by atoms with Crippen molar-refractivity contribution in [2.45, 2.75) is 30.8 Å². The summed E-state index contributed by atoms with van der Waals surface area (Å²) in [5.41, 5.74) is -1.02. The number of halogens is 3. The number of aliphatic carboxylic acids is 1. The molecule has 2 atom stereocenters. The van der Waals surface area contributed by atoms with E-state index in [-0.39, 0.29) is 29.5 Å². The number of aliphatic imine (C=N–C) groups is 1. The summed E-state index contributed by atoms with van der Waals surface area (Å²) >= 11 is 1.28. The number of nitrogens with one attached hydrogen (secondary N) is 2. The summed E-state index contributed by atoms with van der Waals surface area (Å²) in [6.07, 6.45) is 1.04. The lowest BCUT2D eigenvalue weighted by atomic mass is 9.82. The third kappa shape index (κ3) is 4.30. The molecule has 2 aromatic heterocycles. The highest BCUT2D eigenvalue weighted by molar-refractivity contribution is 7.11. The molecule has 1 aromatic carbocycles. The maximum atomic E-state index is 14.5. The van der Waals surface area contributed by atoms with Crippen LogP contribution in [0.4, 0.5) is 13.2 Å². The Balaban J connectivity index is 1.62. The molecule has 1 fully saturated rings. The predicted molar refractivity (Wildman–Crippen MR) is 118 cm³/mol. The van der Waals surface area contributed by atoms with Crippen LogP contribution in [0.1, 0.15) is 35.8 Å². The van der Waals surface area contributed by atoms with Gasteiger partial charge in [0.15, 0.2) is 16.7 Å². The standard InChI is InChI=1S/C21H19F3N8O2S/c1-20(11-2-4-12(22)5-3-11)15(19(33)34)13(26-17(27-20)18-25-6-7-35-18)9-32-10-21(23,24)8-14(32)16-28-30-31-29-16/h2-7,14H,8-10H2,1H3,(H,26,27)(H,33,34)(H,28,29,30,31)/t14-,20-/m0/s1. The Morgan fingerprint density at radius 1 is 1.31 bits per heavy atom. The van der Waals surface area contributed by atoms with Gasteiger partial charge in [-0.3, -0.25) is 4.90 Å². The number of hydrogen-bond donors (Lipinski definition) is 3. The van der Waals surface area contributed by atoms with E-state index in [0.717, 1.165) is 0 Å². The second kappa shape index (κ2) is 8.53. The van der Waals surface area contributed by atoms with Gasteiger partial charge in [-0.05, 0) is 24.6 Å². The minimum Gasteiger partial charge on any atom is -0.478 e. The van der Waals surface area contributed by atoms with Crippen LogP contribution in [0.15, 0.2) is 52.1 Å². The van der Waals surface area contributed by atoms with E-state index in [1.807, 2.05) is 0 Å². The van der Waals surface area contributed by atoms with Gasteiger partial charge in [0, 0.05) is 30.2 Å². The number of aromatic amines is 1. The number of carboxylic acid groups (broad SMARTS) is 1. The average molecular weight is 504 g/mol. The SMILES string of the molecule is C[C@@]1(c2ccc(F)cc2)N=C(c2nccs2)NC(CN2CC(F)(F)C[C@H]2c2nn[nH]n2)=C1C(=O)O. The number of tetrazole rings is 1. The van der Waals surface area contributed by atoms with Gasteiger partial charge in [-0.2, -0.15) is 5.21 Å². The average Bonchev–Trinajstić information content (AvgIpc) is 3.55. The third-order valence-electron chi connectivity index (χ3n) is 6.04. The van der Waals surface area contributed by atoms with Crippen LogP contribution in [-0.2, 0) is 10.3 Å². The number of likely N-dealkylation sites (tertiary alicyclic amines) is 1. The number of amidine groups is 1. The fourth-order valence-corrected chi connectivity index (χ4v) is 5.09. The summed E-state index contributed by atoms with van der Waals surface area (Å²) in [4.78, 5) is 22.9. The number of nitrogens with zero attached hydrogens (tertiary/aromatic N) is 6. The van der Waals surface area contributed by atoms with Crippen molar-refractivity contribution in [1.29, 1.82) is 0 Å². The van der Waals surface area contributed by atoms with Crippen molar-refractivity contribution >= 4 is 23.1 Å². The van der Waals surface area contributed by atoms with Gasteiger partial charge in [0.1, 0.15) is 11.4 Å².